The Morgan fingerprint density at radius 1 is 1.27 bits per heavy atom. The summed E-state index contributed by atoms with van der Waals surface area (Å²) < 4.78 is 5.27. The number of ether oxygens (including phenoxy) is 1. The molecule has 2 aromatic carbocycles. The average Bonchev–Trinajstić information content (AvgIpc) is 3.13. The Morgan fingerprint density at radius 3 is 3.00 bits per heavy atom. The number of esters is 1. The molecule has 1 aromatic heterocycles. The quantitative estimate of drug-likeness (QED) is 0.737. The van der Waals surface area contributed by atoms with E-state index in [0.717, 1.165) is 35.0 Å². The summed E-state index contributed by atoms with van der Waals surface area (Å²) in [6, 6.07) is 13.1. The highest BCUT2D eigenvalue weighted by atomic mass is 16.5. The van der Waals surface area contributed by atoms with Gasteiger partial charge in [0.15, 0.2) is 6.61 Å². The van der Waals surface area contributed by atoms with E-state index in [4.69, 9.17) is 4.74 Å². The molecule has 2 heterocycles. The number of carbonyl (C=O) groups excluding carboxylic acids is 2. The minimum Gasteiger partial charge on any atom is -0.452 e. The Balaban J connectivity index is 1.47. The molecule has 6 nitrogen and oxygen atoms in total. The number of hydrogen-bond donors (Lipinski definition) is 1. The normalized spacial score (nSPS) is 16.3. The maximum Gasteiger partial charge on any atom is 0.338 e. The summed E-state index contributed by atoms with van der Waals surface area (Å²) in [5, 5.41) is 7.58. The summed E-state index contributed by atoms with van der Waals surface area (Å²) in [6.07, 6.45) is 3.49. The minimum atomic E-state index is -0.514. The highest BCUT2D eigenvalue weighted by Crippen LogP contribution is 2.30. The first-order valence-electron chi connectivity index (χ1n) is 8.64. The van der Waals surface area contributed by atoms with Gasteiger partial charge in [-0.1, -0.05) is 18.2 Å². The summed E-state index contributed by atoms with van der Waals surface area (Å²) in [6.45, 7) is 1.74. The fourth-order valence-electron chi connectivity index (χ4n) is 3.42. The number of benzene rings is 2. The molecule has 1 aliphatic heterocycles. The Labute approximate surface area is 150 Å². The zero-order chi connectivity index (χ0) is 18.1. The number of aromatic nitrogens is 2. The molecule has 1 N–H and O–H groups in total. The molecule has 0 bridgehead atoms. The number of anilines is 1. The molecule has 0 fully saturated rings. The fraction of sp³-hybridized carbons (Fsp3) is 0.250. The molecule has 3 aromatic rings. The van der Waals surface area contributed by atoms with Crippen LogP contribution in [-0.2, 0) is 16.0 Å². The third kappa shape index (κ3) is 2.94. The van der Waals surface area contributed by atoms with Crippen LogP contribution in [0.4, 0.5) is 5.69 Å². The number of aromatic amines is 1. The van der Waals surface area contributed by atoms with E-state index in [1.165, 1.54) is 0 Å². The van der Waals surface area contributed by atoms with Gasteiger partial charge in [0.05, 0.1) is 17.3 Å². The molecule has 26 heavy (non-hydrogen) atoms. The predicted octanol–water partition coefficient (Wildman–Crippen LogP) is 3.09. The number of fused-ring (bicyclic) bond motifs is 2. The van der Waals surface area contributed by atoms with Crippen LogP contribution in [0.5, 0.6) is 0 Å². The summed E-state index contributed by atoms with van der Waals surface area (Å²) >= 11 is 0. The van der Waals surface area contributed by atoms with Gasteiger partial charge in [-0.2, -0.15) is 5.10 Å². The molecular weight excluding hydrogens is 330 g/mol. The molecular formula is C20H19N3O3. The van der Waals surface area contributed by atoms with E-state index in [0.29, 0.717) is 5.56 Å². The lowest BCUT2D eigenvalue weighted by atomic mass is 9.96. The number of rotatable bonds is 3. The van der Waals surface area contributed by atoms with E-state index in [1.54, 1.807) is 29.3 Å². The van der Waals surface area contributed by atoms with Crippen LogP contribution in [0.25, 0.3) is 10.9 Å². The van der Waals surface area contributed by atoms with Crippen molar-refractivity contribution in [2.24, 2.45) is 0 Å². The van der Waals surface area contributed by atoms with Crippen molar-refractivity contribution in [3.8, 4) is 0 Å². The van der Waals surface area contributed by atoms with E-state index in [2.05, 4.69) is 10.2 Å². The van der Waals surface area contributed by atoms with Gasteiger partial charge >= 0.3 is 5.97 Å². The SMILES string of the molecule is C[C@H]1CCc2ccccc2N1C(=O)COC(=O)c1ccc2[nH]ncc2c1. The third-order valence-electron chi connectivity index (χ3n) is 4.79. The number of carbonyl (C=O) groups is 2. The maximum absolute atomic E-state index is 12.7. The van der Waals surface area contributed by atoms with Crippen LogP contribution in [0.2, 0.25) is 0 Å². The number of H-pyrrole nitrogens is 1. The highest BCUT2D eigenvalue weighted by Gasteiger charge is 2.28. The second-order valence-electron chi connectivity index (χ2n) is 6.53. The monoisotopic (exact) mass is 349 g/mol. The smallest absolute Gasteiger partial charge is 0.338 e. The molecule has 132 valence electrons. The van der Waals surface area contributed by atoms with Gasteiger partial charge in [-0.3, -0.25) is 9.89 Å². The summed E-state index contributed by atoms with van der Waals surface area (Å²) in [4.78, 5) is 26.8. The number of nitrogens with zero attached hydrogens (tertiary/aromatic N) is 2. The third-order valence-corrected chi connectivity index (χ3v) is 4.79. The van der Waals surface area contributed by atoms with Crippen LogP contribution >= 0.6 is 0 Å². The first-order valence-corrected chi connectivity index (χ1v) is 8.64. The number of para-hydroxylation sites is 1. The van der Waals surface area contributed by atoms with E-state index in [-0.39, 0.29) is 18.6 Å². The van der Waals surface area contributed by atoms with Gasteiger partial charge in [-0.05, 0) is 49.6 Å². The molecule has 4 rings (SSSR count). The van der Waals surface area contributed by atoms with Crippen LogP contribution in [0.1, 0.15) is 29.3 Å². The lowest BCUT2D eigenvalue weighted by Crippen LogP contribution is -2.44. The van der Waals surface area contributed by atoms with E-state index in [9.17, 15) is 9.59 Å². The van der Waals surface area contributed by atoms with Crippen molar-refractivity contribution in [1.82, 2.24) is 10.2 Å². The molecule has 1 atom stereocenters. The van der Waals surface area contributed by atoms with Crippen molar-refractivity contribution < 1.29 is 14.3 Å². The van der Waals surface area contributed by atoms with Crippen LogP contribution < -0.4 is 4.90 Å². The second-order valence-corrected chi connectivity index (χ2v) is 6.53. The van der Waals surface area contributed by atoms with Gasteiger partial charge in [0.2, 0.25) is 0 Å². The van der Waals surface area contributed by atoms with Gasteiger partial charge in [0.1, 0.15) is 0 Å². The van der Waals surface area contributed by atoms with Gasteiger partial charge < -0.3 is 9.64 Å². The molecule has 0 spiro atoms. The molecule has 0 radical (unpaired) electrons. The number of aryl methyl sites for hydroxylation is 1. The Morgan fingerprint density at radius 2 is 2.12 bits per heavy atom. The van der Waals surface area contributed by atoms with Gasteiger partial charge in [0, 0.05) is 17.1 Å². The van der Waals surface area contributed by atoms with Crippen LogP contribution in [0.3, 0.4) is 0 Å². The Bertz CT molecular complexity index is 979. The molecule has 1 aliphatic rings. The Hall–Kier alpha value is -3.15. The fourth-order valence-corrected chi connectivity index (χ4v) is 3.42. The summed E-state index contributed by atoms with van der Waals surface area (Å²) in [5.41, 5.74) is 3.30. The number of amides is 1. The first-order chi connectivity index (χ1) is 12.6. The predicted molar refractivity (Wildman–Crippen MR) is 98.1 cm³/mol. The van der Waals surface area contributed by atoms with Crippen molar-refractivity contribution in [1.29, 1.82) is 0 Å². The number of hydrogen-bond acceptors (Lipinski definition) is 4. The molecule has 0 saturated heterocycles. The lowest BCUT2D eigenvalue weighted by molar-refractivity contribution is -0.122. The van der Waals surface area contributed by atoms with E-state index in [1.807, 2.05) is 31.2 Å². The van der Waals surface area contributed by atoms with Crippen molar-refractivity contribution >= 4 is 28.5 Å². The molecule has 1 amide bonds. The Kier molecular flexibility index (Phi) is 4.16. The zero-order valence-corrected chi connectivity index (χ0v) is 14.4. The molecule has 0 unspecified atom stereocenters. The van der Waals surface area contributed by atoms with Crippen molar-refractivity contribution in [3.05, 3.63) is 59.8 Å². The summed E-state index contributed by atoms with van der Waals surface area (Å²) in [7, 11) is 0. The average molecular weight is 349 g/mol. The van der Waals surface area contributed by atoms with E-state index >= 15 is 0 Å². The van der Waals surface area contributed by atoms with Crippen LogP contribution in [0, 0.1) is 0 Å². The lowest BCUT2D eigenvalue weighted by Gasteiger charge is -2.35. The van der Waals surface area contributed by atoms with Crippen molar-refractivity contribution in [2.45, 2.75) is 25.8 Å². The largest absolute Gasteiger partial charge is 0.452 e. The van der Waals surface area contributed by atoms with Gasteiger partial charge in [0.25, 0.3) is 5.91 Å². The maximum atomic E-state index is 12.7. The topological polar surface area (TPSA) is 75.3 Å². The zero-order valence-electron chi connectivity index (χ0n) is 14.4. The summed E-state index contributed by atoms with van der Waals surface area (Å²) in [5.74, 6) is -0.721. The van der Waals surface area contributed by atoms with Crippen LogP contribution in [-0.4, -0.2) is 34.7 Å². The van der Waals surface area contributed by atoms with Gasteiger partial charge in [-0.25, -0.2) is 4.79 Å². The van der Waals surface area contributed by atoms with Crippen molar-refractivity contribution in [3.63, 3.8) is 0 Å². The highest BCUT2D eigenvalue weighted by molar-refractivity contribution is 5.99. The van der Waals surface area contributed by atoms with Crippen molar-refractivity contribution in [2.75, 3.05) is 11.5 Å². The first kappa shape index (κ1) is 16.3. The second kappa shape index (κ2) is 6.63. The van der Waals surface area contributed by atoms with Gasteiger partial charge in [-0.15, -0.1) is 0 Å². The standard InChI is InChI=1S/C20H19N3O3/c1-13-6-7-14-4-2-3-5-18(14)23(13)19(24)12-26-20(25)15-8-9-17-16(10-15)11-21-22-17/h2-5,8-11,13H,6-7,12H2,1H3,(H,21,22)/t13-/m0/s1. The molecule has 0 aliphatic carbocycles. The van der Waals surface area contributed by atoms with Crippen LogP contribution in [0.15, 0.2) is 48.7 Å². The van der Waals surface area contributed by atoms with E-state index < -0.39 is 5.97 Å². The number of nitrogens with one attached hydrogen (secondary N) is 1. The molecule has 6 heteroatoms. The minimum absolute atomic E-state index is 0.0818. The molecule has 0 saturated carbocycles.